The van der Waals surface area contributed by atoms with Gasteiger partial charge in [0.15, 0.2) is 0 Å². The molecule has 0 aliphatic heterocycles. The number of hydrogen-bond donors (Lipinski definition) is 1. The minimum atomic E-state index is -4.24. The summed E-state index contributed by atoms with van der Waals surface area (Å²) in [6.45, 7) is 4.10. The Labute approximate surface area is 159 Å². The first-order valence-electron chi connectivity index (χ1n) is 10.1. The lowest BCUT2D eigenvalue weighted by Gasteiger charge is -2.22. The minimum absolute atomic E-state index is 0.0657. The molecule has 1 unspecified atom stereocenters. The van der Waals surface area contributed by atoms with Crippen LogP contribution in [0.1, 0.15) is 71.1 Å². The van der Waals surface area contributed by atoms with Crippen LogP contribution in [-0.4, -0.2) is 46.2 Å². The highest BCUT2D eigenvalue weighted by molar-refractivity contribution is 7.45. The Balaban J connectivity index is 3.14. The summed E-state index contributed by atoms with van der Waals surface area (Å²) in [5, 5.41) is 0. The van der Waals surface area contributed by atoms with E-state index >= 15 is 0 Å². The molecule has 0 aliphatic rings. The van der Waals surface area contributed by atoms with Crippen molar-refractivity contribution in [3.8, 4) is 0 Å². The largest absolute Gasteiger partial charge is 0.756 e. The number of hydrogen-bond acceptors (Lipinski definition) is 7. The van der Waals surface area contributed by atoms with Crippen LogP contribution in [0, 0.1) is 0 Å². The fourth-order valence-corrected chi connectivity index (χ4v) is 3.13. The van der Waals surface area contributed by atoms with Gasteiger partial charge in [-0.25, -0.2) is 0 Å². The number of unbranched alkanes of at least 4 members (excludes halogenated alkanes) is 9. The second-order valence-electron chi connectivity index (χ2n) is 6.31. The predicted octanol–water partition coefficient (Wildman–Crippen LogP) is 3.40. The third-order valence-electron chi connectivity index (χ3n) is 3.86. The SMILES string of the molecule is CCCCCCCCCCCCOCCOCCOP(=O)([O-])OCCN. The van der Waals surface area contributed by atoms with Crippen molar-refractivity contribution in [3.63, 3.8) is 0 Å². The van der Waals surface area contributed by atoms with E-state index < -0.39 is 7.82 Å². The number of ether oxygens (including phenoxy) is 2. The first-order chi connectivity index (χ1) is 12.6. The van der Waals surface area contributed by atoms with E-state index in [1.165, 1.54) is 57.8 Å². The van der Waals surface area contributed by atoms with Gasteiger partial charge >= 0.3 is 0 Å². The van der Waals surface area contributed by atoms with Gasteiger partial charge < -0.3 is 29.1 Å². The molecule has 0 aromatic heterocycles. The van der Waals surface area contributed by atoms with Crippen LogP contribution < -0.4 is 10.6 Å². The molecule has 0 saturated carbocycles. The Morgan fingerprint density at radius 1 is 0.692 bits per heavy atom. The number of nitrogens with two attached hydrogens (primary N) is 1. The van der Waals surface area contributed by atoms with Gasteiger partial charge in [-0.2, -0.15) is 0 Å². The van der Waals surface area contributed by atoms with Crippen LogP contribution in [0.5, 0.6) is 0 Å². The van der Waals surface area contributed by atoms with Crippen LogP contribution >= 0.6 is 7.82 Å². The van der Waals surface area contributed by atoms with E-state index in [2.05, 4.69) is 16.0 Å². The van der Waals surface area contributed by atoms with Crippen molar-refractivity contribution in [2.24, 2.45) is 5.73 Å². The molecule has 2 N–H and O–H groups in total. The van der Waals surface area contributed by atoms with Gasteiger partial charge in [0, 0.05) is 13.2 Å². The molecule has 0 aromatic carbocycles. The van der Waals surface area contributed by atoms with E-state index in [4.69, 9.17) is 15.2 Å². The van der Waals surface area contributed by atoms with Gasteiger partial charge in [-0.05, 0) is 6.42 Å². The van der Waals surface area contributed by atoms with Gasteiger partial charge in [0.1, 0.15) is 0 Å². The summed E-state index contributed by atoms with van der Waals surface area (Å²) >= 11 is 0. The van der Waals surface area contributed by atoms with Crippen LogP contribution in [0.2, 0.25) is 0 Å². The van der Waals surface area contributed by atoms with Crippen molar-refractivity contribution in [2.75, 3.05) is 46.2 Å². The monoisotopic (exact) mass is 396 g/mol. The average molecular weight is 396 g/mol. The number of phosphoric ester groups is 1. The van der Waals surface area contributed by atoms with Crippen molar-refractivity contribution >= 4 is 7.82 Å². The van der Waals surface area contributed by atoms with E-state index in [-0.39, 0.29) is 26.4 Å². The van der Waals surface area contributed by atoms with Crippen molar-refractivity contribution in [1.29, 1.82) is 0 Å². The molecular weight excluding hydrogens is 357 g/mol. The first kappa shape index (κ1) is 26.0. The second kappa shape index (κ2) is 19.7. The third-order valence-corrected chi connectivity index (χ3v) is 4.86. The zero-order valence-electron chi connectivity index (χ0n) is 16.5. The highest BCUT2D eigenvalue weighted by atomic mass is 31.2. The van der Waals surface area contributed by atoms with Crippen LogP contribution in [0.15, 0.2) is 0 Å². The lowest BCUT2D eigenvalue weighted by Crippen LogP contribution is -2.16. The van der Waals surface area contributed by atoms with Gasteiger partial charge in [-0.1, -0.05) is 64.7 Å². The fraction of sp³-hybridized carbons (Fsp3) is 1.00. The fourth-order valence-electron chi connectivity index (χ4n) is 2.42. The molecule has 26 heavy (non-hydrogen) atoms. The second-order valence-corrected chi connectivity index (χ2v) is 7.72. The Hall–Kier alpha value is -0.0100. The summed E-state index contributed by atoms with van der Waals surface area (Å²) in [5.74, 6) is 0. The molecule has 0 rings (SSSR count). The Morgan fingerprint density at radius 2 is 1.15 bits per heavy atom. The lowest BCUT2D eigenvalue weighted by atomic mass is 10.1. The standard InChI is InChI=1S/C18H40NO6P/c1-2-3-4-5-6-7-8-9-10-11-13-22-15-16-23-17-18-25-26(20,21)24-14-12-19/h2-19H2,1H3,(H,20,21)/p-1. The summed E-state index contributed by atoms with van der Waals surface area (Å²) in [5.41, 5.74) is 5.15. The number of phosphoric acid groups is 1. The highest BCUT2D eigenvalue weighted by Crippen LogP contribution is 2.37. The van der Waals surface area contributed by atoms with Crippen molar-refractivity contribution in [1.82, 2.24) is 0 Å². The summed E-state index contributed by atoms with van der Waals surface area (Å²) in [4.78, 5) is 11.2. The smallest absolute Gasteiger partial charge is 0.267 e. The molecule has 8 heteroatoms. The van der Waals surface area contributed by atoms with E-state index in [9.17, 15) is 9.46 Å². The molecule has 0 aliphatic carbocycles. The zero-order valence-corrected chi connectivity index (χ0v) is 17.4. The normalized spacial score (nSPS) is 13.8. The molecule has 0 fully saturated rings. The maximum Gasteiger partial charge on any atom is 0.267 e. The van der Waals surface area contributed by atoms with Crippen LogP contribution in [-0.2, 0) is 23.1 Å². The first-order valence-corrected chi connectivity index (χ1v) is 11.5. The maximum absolute atomic E-state index is 11.2. The summed E-state index contributed by atoms with van der Waals surface area (Å²) in [6.07, 6.45) is 13.1. The zero-order chi connectivity index (χ0) is 19.3. The quantitative estimate of drug-likeness (QED) is 0.234. The predicted molar refractivity (Wildman–Crippen MR) is 102 cm³/mol. The summed E-state index contributed by atoms with van der Waals surface area (Å²) in [7, 11) is -4.24. The molecule has 0 amide bonds. The molecule has 0 spiro atoms. The molecule has 0 bridgehead atoms. The number of rotatable bonds is 21. The molecule has 158 valence electrons. The molecule has 1 atom stereocenters. The van der Waals surface area contributed by atoms with Gasteiger partial charge in [0.2, 0.25) is 0 Å². The van der Waals surface area contributed by atoms with Crippen LogP contribution in [0.4, 0.5) is 0 Å². The molecule has 0 heterocycles. The third kappa shape index (κ3) is 20.3. The van der Waals surface area contributed by atoms with Crippen LogP contribution in [0.3, 0.4) is 0 Å². The van der Waals surface area contributed by atoms with Crippen molar-refractivity contribution in [3.05, 3.63) is 0 Å². The molecule has 0 radical (unpaired) electrons. The molecule has 7 nitrogen and oxygen atoms in total. The van der Waals surface area contributed by atoms with Gasteiger partial charge in [0.05, 0.1) is 33.0 Å². The van der Waals surface area contributed by atoms with Gasteiger partial charge in [-0.3, -0.25) is 4.57 Å². The van der Waals surface area contributed by atoms with E-state index in [1.807, 2.05) is 0 Å². The topological polar surface area (TPSA) is 103 Å². The van der Waals surface area contributed by atoms with Crippen molar-refractivity contribution < 1.29 is 28.0 Å². The van der Waals surface area contributed by atoms with Crippen molar-refractivity contribution in [2.45, 2.75) is 71.1 Å². The molecule has 0 aromatic rings. The average Bonchev–Trinajstić information content (AvgIpc) is 2.62. The maximum atomic E-state index is 11.2. The summed E-state index contributed by atoms with van der Waals surface area (Å²) in [6, 6.07) is 0. The minimum Gasteiger partial charge on any atom is -0.756 e. The highest BCUT2D eigenvalue weighted by Gasteiger charge is 2.07. The Bertz CT molecular complexity index is 333. The van der Waals surface area contributed by atoms with E-state index in [1.54, 1.807) is 0 Å². The van der Waals surface area contributed by atoms with Crippen LogP contribution in [0.25, 0.3) is 0 Å². The lowest BCUT2D eigenvalue weighted by molar-refractivity contribution is -0.226. The Kier molecular flexibility index (Phi) is 19.7. The molecule has 0 saturated heterocycles. The van der Waals surface area contributed by atoms with Gasteiger partial charge in [-0.15, -0.1) is 0 Å². The summed E-state index contributed by atoms with van der Waals surface area (Å²) < 4.78 is 31.0. The van der Waals surface area contributed by atoms with E-state index in [0.29, 0.717) is 13.2 Å². The Morgan fingerprint density at radius 3 is 1.73 bits per heavy atom. The molecular formula is C18H39NO6P-. The van der Waals surface area contributed by atoms with E-state index in [0.717, 1.165) is 13.0 Å². The van der Waals surface area contributed by atoms with Gasteiger partial charge in [0.25, 0.3) is 7.82 Å².